The first kappa shape index (κ1) is 13.1. The first-order valence-electron chi connectivity index (χ1n) is 5.90. The highest BCUT2D eigenvalue weighted by atomic mass is 16.4. The highest BCUT2D eigenvalue weighted by Gasteiger charge is 2.22. The van der Waals surface area contributed by atoms with Gasteiger partial charge in [0.05, 0.1) is 0 Å². The number of hydrogen-bond acceptors (Lipinski definition) is 4. The Hall–Kier alpha value is -2.37. The van der Waals surface area contributed by atoms with Gasteiger partial charge >= 0.3 is 6.03 Å². The number of carbonyl (C=O) groups is 1. The van der Waals surface area contributed by atoms with E-state index < -0.39 is 6.04 Å². The number of carbonyl (C=O) groups excluding carboxylic acids is 1. The fourth-order valence-electron chi connectivity index (χ4n) is 1.61. The SMILES string of the molecule is Cc1nnc(C(NC(=O)N(C)C)c2ccccc2)o1. The highest BCUT2D eigenvalue weighted by molar-refractivity contribution is 5.74. The van der Waals surface area contributed by atoms with Crippen LogP contribution in [-0.4, -0.2) is 35.2 Å². The van der Waals surface area contributed by atoms with Gasteiger partial charge in [0.15, 0.2) is 0 Å². The first-order valence-corrected chi connectivity index (χ1v) is 5.90. The molecule has 6 nitrogen and oxygen atoms in total. The van der Waals surface area contributed by atoms with E-state index in [0.717, 1.165) is 5.56 Å². The number of aryl methyl sites for hydroxylation is 1. The Morgan fingerprint density at radius 3 is 2.47 bits per heavy atom. The molecule has 6 heteroatoms. The molecule has 0 aliphatic heterocycles. The van der Waals surface area contributed by atoms with Crippen LogP contribution < -0.4 is 5.32 Å². The summed E-state index contributed by atoms with van der Waals surface area (Å²) in [5, 5.41) is 10.6. The van der Waals surface area contributed by atoms with Gasteiger partial charge in [0.1, 0.15) is 6.04 Å². The first-order chi connectivity index (χ1) is 9.08. The van der Waals surface area contributed by atoms with Crippen LogP contribution in [0.1, 0.15) is 23.4 Å². The van der Waals surface area contributed by atoms with Crippen molar-refractivity contribution in [1.82, 2.24) is 20.4 Å². The summed E-state index contributed by atoms with van der Waals surface area (Å²) in [5.41, 5.74) is 0.890. The standard InChI is InChI=1S/C13H16N4O2/c1-9-15-16-12(19-9)11(14-13(18)17(2)3)10-7-5-4-6-8-10/h4-8,11H,1-3H3,(H,14,18). The molecule has 0 spiro atoms. The Labute approximate surface area is 111 Å². The molecule has 2 aromatic rings. The number of rotatable bonds is 3. The van der Waals surface area contributed by atoms with E-state index in [1.807, 2.05) is 30.3 Å². The van der Waals surface area contributed by atoms with E-state index in [-0.39, 0.29) is 6.03 Å². The van der Waals surface area contributed by atoms with Gasteiger partial charge in [-0.25, -0.2) is 4.79 Å². The predicted octanol–water partition coefficient (Wildman–Crippen LogP) is 1.74. The zero-order valence-corrected chi connectivity index (χ0v) is 11.1. The van der Waals surface area contributed by atoms with Gasteiger partial charge in [-0.2, -0.15) is 0 Å². The predicted molar refractivity (Wildman–Crippen MR) is 69.5 cm³/mol. The molecular weight excluding hydrogens is 244 g/mol. The normalized spacial score (nSPS) is 11.9. The van der Waals surface area contributed by atoms with E-state index in [9.17, 15) is 4.79 Å². The third-order valence-electron chi connectivity index (χ3n) is 2.60. The molecule has 1 aromatic heterocycles. The molecule has 0 aliphatic rings. The minimum Gasteiger partial charge on any atom is -0.423 e. The van der Waals surface area contributed by atoms with Crippen LogP contribution >= 0.6 is 0 Å². The summed E-state index contributed by atoms with van der Waals surface area (Å²) in [5.74, 6) is 0.842. The number of amides is 2. The molecule has 0 saturated heterocycles. The van der Waals surface area contributed by atoms with E-state index in [2.05, 4.69) is 15.5 Å². The lowest BCUT2D eigenvalue weighted by molar-refractivity contribution is 0.213. The lowest BCUT2D eigenvalue weighted by Gasteiger charge is -2.18. The zero-order chi connectivity index (χ0) is 13.8. The van der Waals surface area contributed by atoms with Crippen LogP contribution in [0.25, 0.3) is 0 Å². The molecule has 0 saturated carbocycles. The molecule has 0 aliphatic carbocycles. The highest BCUT2D eigenvalue weighted by Crippen LogP contribution is 2.20. The average Bonchev–Trinajstić information content (AvgIpc) is 2.83. The maximum Gasteiger partial charge on any atom is 0.317 e. The Bertz CT molecular complexity index is 551. The lowest BCUT2D eigenvalue weighted by atomic mass is 10.1. The Kier molecular flexibility index (Phi) is 3.79. The van der Waals surface area contributed by atoms with Gasteiger partial charge in [-0.3, -0.25) is 0 Å². The van der Waals surface area contributed by atoms with Gasteiger partial charge in [0.25, 0.3) is 0 Å². The molecule has 0 bridgehead atoms. The molecule has 1 aromatic carbocycles. The van der Waals surface area contributed by atoms with Crippen LogP contribution in [0.5, 0.6) is 0 Å². The number of benzene rings is 1. The van der Waals surface area contributed by atoms with E-state index in [0.29, 0.717) is 11.8 Å². The monoisotopic (exact) mass is 260 g/mol. The van der Waals surface area contributed by atoms with Crippen molar-refractivity contribution in [2.24, 2.45) is 0 Å². The van der Waals surface area contributed by atoms with Crippen molar-refractivity contribution in [3.63, 3.8) is 0 Å². The van der Waals surface area contributed by atoms with Crippen molar-refractivity contribution in [1.29, 1.82) is 0 Å². The van der Waals surface area contributed by atoms with Gasteiger partial charge in [0, 0.05) is 21.0 Å². The van der Waals surface area contributed by atoms with Crippen molar-refractivity contribution in [2.45, 2.75) is 13.0 Å². The molecule has 1 N–H and O–H groups in total. The summed E-state index contributed by atoms with van der Waals surface area (Å²) in [6.07, 6.45) is 0. The van der Waals surface area contributed by atoms with Crippen molar-refractivity contribution in [3.05, 3.63) is 47.7 Å². The number of nitrogens with one attached hydrogen (secondary N) is 1. The molecule has 1 atom stereocenters. The number of aromatic nitrogens is 2. The number of urea groups is 1. The van der Waals surface area contributed by atoms with Crippen LogP contribution in [0.3, 0.4) is 0 Å². The van der Waals surface area contributed by atoms with Crippen LogP contribution in [0.2, 0.25) is 0 Å². The molecule has 0 fully saturated rings. The molecule has 2 amide bonds. The third-order valence-corrected chi connectivity index (χ3v) is 2.60. The summed E-state index contributed by atoms with van der Waals surface area (Å²) in [4.78, 5) is 13.3. The maximum atomic E-state index is 11.8. The summed E-state index contributed by atoms with van der Waals surface area (Å²) in [6, 6.07) is 8.84. The summed E-state index contributed by atoms with van der Waals surface area (Å²) >= 11 is 0. The summed E-state index contributed by atoms with van der Waals surface area (Å²) in [6.45, 7) is 1.71. The fourth-order valence-corrected chi connectivity index (χ4v) is 1.61. The molecular formula is C13H16N4O2. The quantitative estimate of drug-likeness (QED) is 0.912. The molecule has 100 valence electrons. The minimum absolute atomic E-state index is 0.218. The van der Waals surface area contributed by atoms with Gasteiger partial charge < -0.3 is 14.6 Å². The molecule has 1 heterocycles. The fraction of sp³-hybridized carbons (Fsp3) is 0.308. The Morgan fingerprint density at radius 2 is 1.95 bits per heavy atom. The van der Waals surface area contributed by atoms with E-state index in [1.54, 1.807) is 21.0 Å². The second kappa shape index (κ2) is 5.51. The van der Waals surface area contributed by atoms with Crippen LogP contribution in [0.4, 0.5) is 4.79 Å². The Balaban J connectivity index is 2.31. The van der Waals surface area contributed by atoms with Crippen LogP contribution in [0.15, 0.2) is 34.7 Å². The minimum atomic E-state index is -0.447. The second-order valence-electron chi connectivity index (χ2n) is 4.35. The number of nitrogens with zero attached hydrogens (tertiary/aromatic N) is 3. The molecule has 19 heavy (non-hydrogen) atoms. The molecule has 2 rings (SSSR count). The molecule has 0 radical (unpaired) electrons. The van der Waals surface area contributed by atoms with Gasteiger partial charge in [0.2, 0.25) is 11.8 Å². The largest absolute Gasteiger partial charge is 0.423 e. The lowest BCUT2D eigenvalue weighted by Crippen LogP contribution is -2.37. The van der Waals surface area contributed by atoms with Crippen molar-refractivity contribution in [3.8, 4) is 0 Å². The van der Waals surface area contributed by atoms with Gasteiger partial charge in [-0.15, -0.1) is 10.2 Å². The van der Waals surface area contributed by atoms with Crippen molar-refractivity contribution in [2.75, 3.05) is 14.1 Å². The summed E-state index contributed by atoms with van der Waals surface area (Å²) < 4.78 is 5.43. The van der Waals surface area contributed by atoms with Crippen molar-refractivity contribution < 1.29 is 9.21 Å². The number of hydrogen-bond donors (Lipinski definition) is 1. The zero-order valence-electron chi connectivity index (χ0n) is 11.1. The Morgan fingerprint density at radius 1 is 1.26 bits per heavy atom. The van der Waals surface area contributed by atoms with Crippen LogP contribution in [0, 0.1) is 6.92 Å². The third kappa shape index (κ3) is 3.09. The van der Waals surface area contributed by atoms with E-state index >= 15 is 0 Å². The van der Waals surface area contributed by atoms with Gasteiger partial charge in [-0.1, -0.05) is 30.3 Å². The van der Waals surface area contributed by atoms with E-state index in [4.69, 9.17) is 4.42 Å². The average molecular weight is 260 g/mol. The van der Waals surface area contributed by atoms with E-state index in [1.165, 1.54) is 4.90 Å². The second-order valence-corrected chi connectivity index (χ2v) is 4.35. The maximum absolute atomic E-state index is 11.8. The smallest absolute Gasteiger partial charge is 0.317 e. The topological polar surface area (TPSA) is 71.3 Å². The van der Waals surface area contributed by atoms with Crippen molar-refractivity contribution >= 4 is 6.03 Å². The molecule has 1 unspecified atom stereocenters. The van der Waals surface area contributed by atoms with Gasteiger partial charge in [-0.05, 0) is 5.56 Å². The summed E-state index contributed by atoms with van der Waals surface area (Å²) in [7, 11) is 3.35. The van der Waals surface area contributed by atoms with Crippen LogP contribution in [-0.2, 0) is 0 Å².